The van der Waals surface area contributed by atoms with E-state index >= 15 is 0 Å². The van der Waals surface area contributed by atoms with Crippen LogP contribution in [0.5, 0.6) is 0 Å². The number of nitrogen functional groups attached to an aromatic ring is 1. The molecule has 1 unspecified atom stereocenters. The molecule has 0 spiro atoms. The molecule has 0 aliphatic carbocycles. The lowest BCUT2D eigenvalue weighted by molar-refractivity contribution is 0.0972. The Hall–Kier alpha value is -2.23. The lowest BCUT2D eigenvalue weighted by atomic mass is 10.1. The second kappa shape index (κ2) is 5.28. The molecule has 0 radical (unpaired) electrons. The number of carbonyl (C=O) groups excluding carboxylic acids is 1. The number of hydrogen-bond acceptors (Lipinski definition) is 2. The summed E-state index contributed by atoms with van der Waals surface area (Å²) >= 11 is 0. The van der Waals surface area contributed by atoms with E-state index in [0.29, 0.717) is 11.4 Å². The zero-order valence-electron chi connectivity index (χ0n) is 12.5. The maximum Gasteiger partial charge on any atom is 0.275 e. The van der Waals surface area contributed by atoms with Crippen molar-refractivity contribution in [2.75, 3.05) is 10.6 Å². The first-order valence-corrected chi connectivity index (χ1v) is 7.49. The van der Waals surface area contributed by atoms with Gasteiger partial charge in [-0.05, 0) is 37.5 Å². The Kier molecular flexibility index (Phi) is 3.45. The number of carbonyl (C=O) groups is 1. The summed E-state index contributed by atoms with van der Waals surface area (Å²) in [5.74, 6) is 0.0394. The Labute approximate surface area is 125 Å². The molecule has 0 saturated carbocycles. The largest absolute Gasteiger partial charge is 0.397 e. The van der Waals surface area contributed by atoms with Crippen molar-refractivity contribution in [3.8, 4) is 0 Å². The van der Waals surface area contributed by atoms with Crippen LogP contribution in [-0.4, -0.2) is 16.5 Å². The van der Waals surface area contributed by atoms with Crippen molar-refractivity contribution < 1.29 is 4.79 Å². The third kappa shape index (κ3) is 2.31. The van der Waals surface area contributed by atoms with Crippen molar-refractivity contribution >= 4 is 17.3 Å². The lowest BCUT2D eigenvalue weighted by Crippen LogP contribution is -2.36. The summed E-state index contributed by atoms with van der Waals surface area (Å²) in [6, 6.07) is 10.1. The second-order valence-corrected chi connectivity index (χ2v) is 5.71. The summed E-state index contributed by atoms with van der Waals surface area (Å²) in [7, 11) is 0. The van der Waals surface area contributed by atoms with Crippen molar-refractivity contribution in [2.45, 2.75) is 39.3 Å². The predicted octanol–water partition coefficient (Wildman–Crippen LogP) is 3.07. The number of fused-ring (bicyclic) bond motifs is 1. The number of amides is 1. The second-order valence-electron chi connectivity index (χ2n) is 5.71. The zero-order chi connectivity index (χ0) is 15.0. The fourth-order valence-corrected chi connectivity index (χ4v) is 3.14. The summed E-state index contributed by atoms with van der Waals surface area (Å²) in [4.78, 5) is 14.9. The van der Waals surface area contributed by atoms with Gasteiger partial charge in [-0.1, -0.05) is 25.1 Å². The normalized spacial score (nSPS) is 17.0. The van der Waals surface area contributed by atoms with E-state index in [1.54, 1.807) is 6.07 Å². The van der Waals surface area contributed by atoms with Crippen molar-refractivity contribution in [3.05, 3.63) is 47.8 Å². The number of nitrogens with zero attached hydrogens (tertiary/aromatic N) is 2. The molecule has 1 aromatic heterocycles. The number of benzene rings is 1. The minimum Gasteiger partial charge on any atom is -0.397 e. The first-order valence-electron chi connectivity index (χ1n) is 7.49. The Morgan fingerprint density at radius 1 is 1.38 bits per heavy atom. The van der Waals surface area contributed by atoms with Gasteiger partial charge in [-0.3, -0.25) is 4.79 Å². The highest BCUT2D eigenvalue weighted by molar-refractivity contribution is 6.07. The fourth-order valence-electron chi connectivity index (χ4n) is 3.14. The van der Waals surface area contributed by atoms with E-state index in [-0.39, 0.29) is 11.9 Å². The van der Waals surface area contributed by atoms with E-state index < -0.39 is 0 Å². The molecule has 1 aromatic carbocycles. The van der Waals surface area contributed by atoms with Gasteiger partial charge < -0.3 is 15.2 Å². The molecule has 4 nitrogen and oxygen atoms in total. The van der Waals surface area contributed by atoms with Crippen LogP contribution in [0.1, 0.15) is 36.3 Å². The lowest BCUT2D eigenvalue weighted by Gasteiger charge is -2.23. The minimum absolute atomic E-state index is 0.0394. The molecule has 1 amide bonds. The van der Waals surface area contributed by atoms with Crippen LogP contribution in [0, 0.1) is 0 Å². The van der Waals surface area contributed by atoms with Crippen LogP contribution in [-0.2, 0) is 13.0 Å². The average Bonchev–Trinajstić information content (AvgIpc) is 2.98. The van der Waals surface area contributed by atoms with Crippen LogP contribution in [0.4, 0.5) is 11.4 Å². The first-order chi connectivity index (χ1) is 10.1. The van der Waals surface area contributed by atoms with E-state index in [1.807, 2.05) is 33.9 Å². The van der Waals surface area contributed by atoms with Crippen molar-refractivity contribution in [2.24, 2.45) is 0 Å². The molecule has 1 aliphatic heterocycles. The van der Waals surface area contributed by atoms with Gasteiger partial charge in [0.2, 0.25) is 0 Å². The van der Waals surface area contributed by atoms with E-state index in [2.05, 4.69) is 19.9 Å². The zero-order valence-corrected chi connectivity index (χ0v) is 12.5. The minimum atomic E-state index is 0.0394. The highest BCUT2D eigenvalue weighted by Gasteiger charge is 2.32. The topological polar surface area (TPSA) is 51.3 Å². The number of hydrogen-bond donors (Lipinski definition) is 1. The van der Waals surface area contributed by atoms with Gasteiger partial charge in [0.05, 0.1) is 5.69 Å². The number of anilines is 2. The summed E-state index contributed by atoms with van der Waals surface area (Å²) < 4.78 is 1.96. The van der Waals surface area contributed by atoms with Gasteiger partial charge in [0, 0.05) is 24.5 Å². The van der Waals surface area contributed by atoms with Crippen LogP contribution in [0.2, 0.25) is 0 Å². The van der Waals surface area contributed by atoms with Gasteiger partial charge in [0.25, 0.3) is 5.91 Å². The van der Waals surface area contributed by atoms with Crippen LogP contribution in [0.15, 0.2) is 36.5 Å². The SMILES string of the molecule is CCCn1cc(N)cc1C(=O)N1c2ccccc2CC1C. The number of nitrogens with two attached hydrogens (primary N) is 1. The maximum atomic E-state index is 13.0. The third-order valence-electron chi connectivity index (χ3n) is 4.03. The molecular weight excluding hydrogens is 262 g/mol. The molecule has 1 aliphatic rings. The highest BCUT2D eigenvalue weighted by Crippen LogP contribution is 2.33. The molecule has 3 rings (SSSR count). The summed E-state index contributed by atoms with van der Waals surface area (Å²) in [5, 5.41) is 0. The van der Waals surface area contributed by atoms with Gasteiger partial charge >= 0.3 is 0 Å². The number of aryl methyl sites for hydroxylation is 1. The molecule has 2 heterocycles. The number of aromatic nitrogens is 1. The third-order valence-corrected chi connectivity index (χ3v) is 4.03. The van der Waals surface area contributed by atoms with E-state index in [4.69, 9.17) is 5.73 Å². The molecule has 1 atom stereocenters. The Balaban J connectivity index is 1.99. The van der Waals surface area contributed by atoms with Gasteiger partial charge in [-0.2, -0.15) is 0 Å². The van der Waals surface area contributed by atoms with Crippen LogP contribution in [0.25, 0.3) is 0 Å². The van der Waals surface area contributed by atoms with E-state index in [9.17, 15) is 4.79 Å². The van der Waals surface area contributed by atoms with Crippen LogP contribution < -0.4 is 10.6 Å². The standard InChI is InChI=1S/C17H21N3O/c1-3-8-19-11-14(18)10-16(19)17(21)20-12(2)9-13-6-4-5-7-15(13)20/h4-7,10-12H,3,8-9,18H2,1-2H3. The van der Waals surface area contributed by atoms with Crippen molar-refractivity contribution in [1.82, 2.24) is 4.57 Å². The van der Waals surface area contributed by atoms with Crippen molar-refractivity contribution in [3.63, 3.8) is 0 Å². The molecule has 21 heavy (non-hydrogen) atoms. The van der Waals surface area contributed by atoms with Gasteiger partial charge in [0.15, 0.2) is 0 Å². The smallest absolute Gasteiger partial charge is 0.275 e. The summed E-state index contributed by atoms with van der Waals surface area (Å²) in [6.45, 7) is 4.99. The molecule has 2 N–H and O–H groups in total. The Morgan fingerprint density at radius 3 is 2.90 bits per heavy atom. The van der Waals surface area contributed by atoms with E-state index in [0.717, 1.165) is 25.1 Å². The first kappa shape index (κ1) is 13.7. The molecule has 4 heteroatoms. The van der Waals surface area contributed by atoms with E-state index in [1.165, 1.54) is 5.56 Å². The molecule has 0 fully saturated rings. The maximum absolute atomic E-state index is 13.0. The molecule has 110 valence electrons. The average molecular weight is 283 g/mol. The Morgan fingerprint density at radius 2 is 2.14 bits per heavy atom. The summed E-state index contributed by atoms with van der Waals surface area (Å²) in [6.07, 6.45) is 3.73. The summed E-state index contributed by atoms with van der Waals surface area (Å²) in [5.41, 5.74) is 9.47. The molecule has 2 aromatic rings. The van der Waals surface area contributed by atoms with Crippen molar-refractivity contribution in [1.29, 1.82) is 0 Å². The molecular formula is C17H21N3O. The monoisotopic (exact) mass is 283 g/mol. The van der Waals surface area contributed by atoms with Gasteiger partial charge in [-0.25, -0.2) is 0 Å². The fraction of sp³-hybridized carbons (Fsp3) is 0.353. The highest BCUT2D eigenvalue weighted by atomic mass is 16.2. The predicted molar refractivity (Wildman–Crippen MR) is 85.6 cm³/mol. The van der Waals surface area contributed by atoms with Gasteiger partial charge in [-0.15, -0.1) is 0 Å². The van der Waals surface area contributed by atoms with Crippen LogP contribution in [0.3, 0.4) is 0 Å². The van der Waals surface area contributed by atoms with Crippen LogP contribution >= 0.6 is 0 Å². The quantitative estimate of drug-likeness (QED) is 0.941. The molecule has 0 bridgehead atoms. The number of para-hydroxylation sites is 1. The Bertz CT molecular complexity index is 674. The molecule has 0 saturated heterocycles. The van der Waals surface area contributed by atoms with Gasteiger partial charge in [0.1, 0.15) is 5.69 Å². The number of rotatable bonds is 3.